The monoisotopic (exact) mass is 357 g/mol. The van der Waals surface area contributed by atoms with Crippen LogP contribution in [0.4, 0.5) is 0 Å². The molecule has 0 bridgehead atoms. The van der Waals surface area contributed by atoms with Gasteiger partial charge in [-0.2, -0.15) is 0 Å². The van der Waals surface area contributed by atoms with Crippen LogP contribution >= 0.6 is 0 Å². The highest BCUT2D eigenvalue weighted by Crippen LogP contribution is 2.28. The van der Waals surface area contributed by atoms with Crippen molar-refractivity contribution in [2.75, 3.05) is 27.9 Å². The van der Waals surface area contributed by atoms with Crippen LogP contribution in [0.2, 0.25) is 0 Å². The fourth-order valence-electron chi connectivity index (χ4n) is 2.86. The number of rotatable bonds is 8. The van der Waals surface area contributed by atoms with Gasteiger partial charge in [-0.1, -0.05) is 12.1 Å². The zero-order valence-corrected chi connectivity index (χ0v) is 16.2. The van der Waals surface area contributed by atoms with Crippen molar-refractivity contribution in [2.45, 2.75) is 26.8 Å². The molecular formula is C21H27NO4. The number of ether oxygens (including phenoxy) is 3. The Labute approximate surface area is 155 Å². The molecule has 0 aromatic heterocycles. The lowest BCUT2D eigenvalue weighted by molar-refractivity contribution is -0.129. The van der Waals surface area contributed by atoms with E-state index >= 15 is 0 Å². The smallest absolute Gasteiger partial charge is 0.219 e. The number of nitrogens with zero attached hydrogens (tertiary/aromatic N) is 1. The zero-order chi connectivity index (χ0) is 19.1. The van der Waals surface area contributed by atoms with Gasteiger partial charge in [0, 0.05) is 20.0 Å². The molecule has 5 heteroatoms. The first-order chi connectivity index (χ1) is 12.5. The number of hydrogen-bond donors (Lipinski definition) is 0. The van der Waals surface area contributed by atoms with Gasteiger partial charge >= 0.3 is 0 Å². The molecule has 26 heavy (non-hydrogen) atoms. The molecule has 0 unspecified atom stereocenters. The SMILES string of the molecule is COc1ccc(CN(CCc2cc(OC)c(C)cc2OC)C(C)=O)cc1. The van der Waals surface area contributed by atoms with E-state index < -0.39 is 0 Å². The van der Waals surface area contributed by atoms with Crippen molar-refractivity contribution in [3.63, 3.8) is 0 Å². The summed E-state index contributed by atoms with van der Waals surface area (Å²) in [5.74, 6) is 2.49. The van der Waals surface area contributed by atoms with Crippen molar-refractivity contribution in [1.82, 2.24) is 4.90 Å². The molecule has 0 heterocycles. The van der Waals surface area contributed by atoms with Gasteiger partial charge in [0.05, 0.1) is 21.3 Å². The van der Waals surface area contributed by atoms with Crippen LogP contribution in [0.25, 0.3) is 0 Å². The van der Waals surface area contributed by atoms with Crippen LogP contribution in [0, 0.1) is 6.92 Å². The van der Waals surface area contributed by atoms with Crippen molar-refractivity contribution in [3.8, 4) is 17.2 Å². The van der Waals surface area contributed by atoms with Gasteiger partial charge in [0.1, 0.15) is 17.2 Å². The molecule has 0 N–H and O–H groups in total. The zero-order valence-electron chi connectivity index (χ0n) is 16.2. The van der Waals surface area contributed by atoms with Crippen LogP contribution in [-0.4, -0.2) is 38.7 Å². The van der Waals surface area contributed by atoms with E-state index in [1.807, 2.05) is 48.2 Å². The van der Waals surface area contributed by atoms with Gasteiger partial charge in [0.2, 0.25) is 5.91 Å². The van der Waals surface area contributed by atoms with Gasteiger partial charge in [-0.25, -0.2) is 0 Å². The molecular weight excluding hydrogens is 330 g/mol. The molecule has 0 saturated heterocycles. The molecule has 2 rings (SSSR count). The topological polar surface area (TPSA) is 48.0 Å². The Hall–Kier alpha value is -2.69. The largest absolute Gasteiger partial charge is 0.497 e. The Morgan fingerprint density at radius 3 is 2.15 bits per heavy atom. The summed E-state index contributed by atoms with van der Waals surface area (Å²) in [6, 6.07) is 11.7. The number of carbonyl (C=O) groups is 1. The second-order valence-electron chi connectivity index (χ2n) is 6.17. The van der Waals surface area contributed by atoms with Crippen LogP contribution in [0.3, 0.4) is 0 Å². The molecule has 1 amide bonds. The third-order valence-corrected chi connectivity index (χ3v) is 4.43. The minimum absolute atomic E-state index is 0.0406. The van der Waals surface area contributed by atoms with E-state index in [0.717, 1.165) is 33.9 Å². The lowest BCUT2D eigenvalue weighted by Gasteiger charge is -2.22. The van der Waals surface area contributed by atoms with Crippen LogP contribution < -0.4 is 14.2 Å². The van der Waals surface area contributed by atoms with Crippen LogP contribution in [0.1, 0.15) is 23.6 Å². The summed E-state index contributed by atoms with van der Waals surface area (Å²) < 4.78 is 16.1. The molecule has 0 aliphatic rings. The maximum Gasteiger partial charge on any atom is 0.219 e. The van der Waals surface area contributed by atoms with Gasteiger partial charge in [0.25, 0.3) is 0 Å². The van der Waals surface area contributed by atoms with Crippen molar-refractivity contribution >= 4 is 5.91 Å². The van der Waals surface area contributed by atoms with E-state index in [1.165, 1.54) is 0 Å². The van der Waals surface area contributed by atoms with Gasteiger partial charge < -0.3 is 19.1 Å². The second-order valence-corrected chi connectivity index (χ2v) is 6.17. The summed E-state index contributed by atoms with van der Waals surface area (Å²) in [5.41, 5.74) is 3.11. The number of methoxy groups -OCH3 is 3. The predicted molar refractivity (Wildman–Crippen MR) is 102 cm³/mol. The Bertz CT molecular complexity index is 740. The van der Waals surface area contributed by atoms with Gasteiger partial charge in [0.15, 0.2) is 0 Å². The van der Waals surface area contributed by atoms with Crippen molar-refractivity contribution in [1.29, 1.82) is 0 Å². The summed E-state index contributed by atoms with van der Waals surface area (Å²) in [5, 5.41) is 0. The average molecular weight is 357 g/mol. The molecule has 140 valence electrons. The Morgan fingerprint density at radius 2 is 1.62 bits per heavy atom. The third-order valence-electron chi connectivity index (χ3n) is 4.43. The maximum absolute atomic E-state index is 12.1. The van der Waals surface area contributed by atoms with E-state index in [4.69, 9.17) is 14.2 Å². The quantitative estimate of drug-likeness (QED) is 0.724. The number of benzene rings is 2. The summed E-state index contributed by atoms with van der Waals surface area (Å²) in [6.07, 6.45) is 0.690. The fraction of sp³-hybridized carbons (Fsp3) is 0.381. The van der Waals surface area contributed by atoms with E-state index in [2.05, 4.69) is 0 Å². The highest BCUT2D eigenvalue weighted by molar-refractivity contribution is 5.73. The molecule has 0 atom stereocenters. The third kappa shape index (κ3) is 4.91. The van der Waals surface area contributed by atoms with Gasteiger partial charge in [-0.05, 0) is 54.3 Å². The minimum atomic E-state index is 0.0406. The lowest BCUT2D eigenvalue weighted by Crippen LogP contribution is -2.30. The maximum atomic E-state index is 12.1. The van der Waals surface area contributed by atoms with Gasteiger partial charge in [-0.3, -0.25) is 4.79 Å². The molecule has 5 nitrogen and oxygen atoms in total. The normalized spacial score (nSPS) is 10.3. The first kappa shape index (κ1) is 19.6. The second kappa shape index (κ2) is 9.13. The number of carbonyl (C=O) groups excluding carboxylic acids is 1. The molecule has 0 aliphatic heterocycles. The van der Waals surface area contributed by atoms with Crippen LogP contribution in [0.5, 0.6) is 17.2 Å². The Kier molecular flexibility index (Phi) is 6.89. The lowest BCUT2D eigenvalue weighted by atomic mass is 10.1. The van der Waals surface area contributed by atoms with E-state index in [-0.39, 0.29) is 5.91 Å². The van der Waals surface area contributed by atoms with Crippen LogP contribution in [0.15, 0.2) is 36.4 Å². The van der Waals surface area contributed by atoms with E-state index in [0.29, 0.717) is 19.5 Å². The highest BCUT2D eigenvalue weighted by Gasteiger charge is 2.13. The molecule has 2 aromatic carbocycles. The average Bonchev–Trinajstić information content (AvgIpc) is 2.65. The molecule has 0 aliphatic carbocycles. The summed E-state index contributed by atoms with van der Waals surface area (Å²) in [4.78, 5) is 13.9. The van der Waals surface area contributed by atoms with Gasteiger partial charge in [-0.15, -0.1) is 0 Å². The number of hydrogen-bond acceptors (Lipinski definition) is 4. The number of amides is 1. The molecule has 0 spiro atoms. The summed E-state index contributed by atoms with van der Waals surface area (Å²) in [6.45, 7) is 4.74. The van der Waals surface area contributed by atoms with E-state index in [9.17, 15) is 4.79 Å². The molecule has 0 saturated carbocycles. The number of aryl methyl sites for hydroxylation is 1. The summed E-state index contributed by atoms with van der Waals surface area (Å²) >= 11 is 0. The highest BCUT2D eigenvalue weighted by atomic mass is 16.5. The Balaban J connectivity index is 2.11. The van der Waals surface area contributed by atoms with E-state index in [1.54, 1.807) is 28.3 Å². The summed E-state index contributed by atoms with van der Waals surface area (Å²) in [7, 11) is 4.95. The molecule has 0 radical (unpaired) electrons. The standard InChI is InChI=1S/C21H27NO4/c1-15-12-21(26-5)18(13-20(15)25-4)10-11-22(16(2)23)14-17-6-8-19(24-3)9-7-17/h6-9,12-13H,10-11,14H2,1-5H3. The Morgan fingerprint density at radius 1 is 0.962 bits per heavy atom. The van der Waals surface area contributed by atoms with Crippen molar-refractivity contribution in [2.24, 2.45) is 0 Å². The van der Waals surface area contributed by atoms with Crippen molar-refractivity contribution < 1.29 is 19.0 Å². The first-order valence-corrected chi connectivity index (χ1v) is 8.58. The van der Waals surface area contributed by atoms with Crippen molar-refractivity contribution in [3.05, 3.63) is 53.1 Å². The first-order valence-electron chi connectivity index (χ1n) is 8.58. The minimum Gasteiger partial charge on any atom is -0.497 e. The molecule has 0 fully saturated rings. The fourth-order valence-corrected chi connectivity index (χ4v) is 2.86. The predicted octanol–water partition coefficient (Wildman–Crippen LogP) is 3.61. The molecule has 2 aromatic rings. The van der Waals surface area contributed by atoms with Crippen LogP contribution in [-0.2, 0) is 17.8 Å².